The minimum Gasteiger partial charge on any atom is -0.330 e. The number of thiophene rings is 1. The van der Waals surface area contributed by atoms with Gasteiger partial charge in [0.05, 0.1) is 6.04 Å². The Morgan fingerprint density at radius 2 is 1.70 bits per heavy atom. The van der Waals surface area contributed by atoms with Crippen LogP contribution in [0, 0.1) is 0 Å². The number of hydrogen-bond donors (Lipinski definition) is 0. The number of nitrogens with zero attached hydrogens (tertiary/aromatic N) is 2. The van der Waals surface area contributed by atoms with Gasteiger partial charge in [-0.15, -0.1) is 11.3 Å². The molecule has 3 aromatic rings. The summed E-state index contributed by atoms with van der Waals surface area (Å²) in [5.74, 6) is -0.228. The molecule has 1 fully saturated rings. The molecule has 33 heavy (non-hydrogen) atoms. The van der Waals surface area contributed by atoms with E-state index in [1.807, 2.05) is 11.0 Å². The predicted octanol–water partition coefficient (Wildman–Crippen LogP) is 6.49. The Morgan fingerprint density at radius 3 is 2.39 bits per heavy atom. The second-order valence-corrected chi connectivity index (χ2v) is 10.7. The van der Waals surface area contributed by atoms with Crippen LogP contribution < -0.4 is 0 Å². The molecule has 0 bridgehead atoms. The fraction of sp³-hybridized carbons (Fsp3) is 0.280. The van der Waals surface area contributed by atoms with Crippen LogP contribution >= 0.6 is 46.1 Å². The molecule has 1 saturated carbocycles. The highest BCUT2D eigenvalue weighted by molar-refractivity contribution is 7.10. The SMILES string of the molecule is O=C(c1ccc(Cl)cc1)N(CC(=O)N1CCc2sccc2[C@H]1c1ccc(Cl)cc1Cl)C1CC1. The van der Waals surface area contributed by atoms with Crippen LogP contribution in [-0.2, 0) is 11.2 Å². The van der Waals surface area contributed by atoms with Gasteiger partial charge in [0.2, 0.25) is 5.91 Å². The van der Waals surface area contributed by atoms with Crippen LogP contribution in [0.1, 0.15) is 45.2 Å². The van der Waals surface area contributed by atoms with Gasteiger partial charge in [0, 0.05) is 38.1 Å². The van der Waals surface area contributed by atoms with Gasteiger partial charge in [0.1, 0.15) is 6.54 Å². The van der Waals surface area contributed by atoms with Gasteiger partial charge in [-0.2, -0.15) is 0 Å². The van der Waals surface area contributed by atoms with Crippen LogP contribution in [0.5, 0.6) is 0 Å². The molecule has 1 aromatic heterocycles. The Kier molecular flexibility index (Phi) is 6.41. The highest BCUT2D eigenvalue weighted by atomic mass is 35.5. The highest BCUT2D eigenvalue weighted by Gasteiger charge is 2.39. The molecule has 1 aliphatic carbocycles. The quantitative estimate of drug-likeness (QED) is 0.387. The first kappa shape index (κ1) is 22.7. The van der Waals surface area contributed by atoms with Crippen molar-refractivity contribution >= 4 is 58.0 Å². The smallest absolute Gasteiger partial charge is 0.254 e. The molecule has 4 nitrogen and oxygen atoms in total. The van der Waals surface area contributed by atoms with Gasteiger partial charge in [-0.05, 0) is 78.2 Å². The molecule has 0 saturated heterocycles. The zero-order valence-corrected chi connectivity index (χ0v) is 20.7. The van der Waals surface area contributed by atoms with Gasteiger partial charge in [-0.3, -0.25) is 9.59 Å². The summed E-state index contributed by atoms with van der Waals surface area (Å²) in [5, 5.41) is 3.70. The van der Waals surface area contributed by atoms with Crippen LogP contribution in [0.15, 0.2) is 53.9 Å². The number of halogens is 3. The lowest BCUT2D eigenvalue weighted by Gasteiger charge is -2.38. The van der Waals surface area contributed by atoms with Crippen LogP contribution in [-0.4, -0.2) is 40.7 Å². The molecule has 0 N–H and O–H groups in total. The van der Waals surface area contributed by atoms with E-state index in [0.717, 1.165) is 30.4 Å². The Bertz CT molecular complexity index is 1210. The maximum absolute atomic E-state index is 13.7. The molecule has 1 atom stereocenters. The van der Waals surface area contributed by atoms with Crippen molar-refractivity contribution < 1.29 is 9.59 Å². The zero-order valence-electron chi connectivity index (χ0n) is 17.6. The first-order valence-electron chi connectivity index (χ1n) is 10.8. The Labute approximate surface area is 211 Å². The minimum atomic E-state index is -0.302. The van der Waals surface area contributed by atoms with Gasteiger partial charge in [0.25, 0.3) is 5.91 Å². The first-order chi connectivity index (χ1) is 15.9. The van der Waals surface area contributed by atoms with Crippen LogP contribution in [0.2, 0.25) is 15.1 Å². The van der Waals surface area contributed by atoms with Gasteiger partial charge in [-0.25, -0.2) is 0 Å². The Balaban J connectivity index is 1.44. The van der Waals surface area contributed by atoms with E-state index >= 15 is 0 Å². The summed E-state index contributed by atoms with van der Waals surface area (Å²) in [5.41, 5.74) is 2.47. The van der Waals surface area contributed by atoms with E-state index < -0.39 is 0 Å². The zero-order chi connectivity index (χ0) is 23.1. The number of amides is 2. The van der Waals surface area contributed by atoms with E-state index in [1.165, 1.54) is 4.88 Å². The summed E-state index contributed by atoms with van der Waals surface area (Å²) >= 11 is 20.4. The van der Waals surface area contributed by atoms with E-state index in [0.29, 0.717) is 27.2 Å². The number of fused-ring (bicyclic) bond motifs is 1. The standard InChI is InChI=1S/C25H21Cl3N2O2S/c26-16-3-1-15(2-4-16)25(32)30(18-6-7-18)14-23(31)29-11-9-22-20(10-12-33-22)24(29)19-8-5-17(27)13-21(19)28/h1-5,8,10,12-13,18,24H,6-7,9,11,14H2/t24-/m1/s1. The maximum Gasteiger partial charge on any atom is 0.254 e. The third-order valence-corrected chi connectivity index (χ3v) is 8.00. The van der Waals surface area contributed by atoms with Gasteiger partial charge in [-0.1, -0.05) is 40.9 Å². The minimum absolute atomic E-state index is 0.0350. The maximum atomic E-state index is 13.7. The number of rotatable bonds is 5. The fourth-order valence-corrected chi connectivity index (χ4v) is 5.93. The van der Waals surface area contributed by atoms with E-state index in [4.69, 9.17) is 34.8 Å². The van der Waals surface area contributed by atoms with Gasteiger partial charge < -0.3 is 9.80 Å². The van der Waals surface area contributed by atoms with E-state index in [9.17, 15) is 9.59 Å². The average molecular weight is 520 g/mol. The van der Waals surface area contributed by atoms with E-state index in [2.05, 4.69) is 11.4 Å². The molecule has 2 aliphatic rings. The molecule has 5 rings (SSSR count). The van der Waals surface area contributed by atoms with E-state index in [1.54, 1.807) is 52.6 Å². The van der Waals surface area contributed by atoms with Crippen molar-refractivity contribution in [2.45, 2.75) is 31.3 Å². The number of carbonyl (C=O) groups is 2. The Hall–Kier alpha value is -2.05. The molecular formula is C25H21Cl3N2O2S. The van der Waals surface area contributed by atoms with Gasteiger partial charge >= 0.3 is 0 Å². The first-order valence-corrected chi connectivity index (χ1v) is 12.8. The molecule has 2 heterocycles. The average Bonchev–Trinajstić information content (AvgIpc) is 3.53. The molecule has 2 amide bonds. The van der Waals surface area contributed by atoms with Crippen molar-refractivity contribution in [3.8, 4) is 0 Å². The lowest BCUT2D eigenvalue weighted by atomic mass is 9.93. The topological polar surface area (TPSA) is 40.6 Å². The van der Waals surface area contributed by atoms with Crippen LogP contribution in [0.3, 0.4) is 0 Å². The van der Waals surface area contributed by atoms with Crippen LogP contribution in [0.4, 0.5) is 0 Å². The highest BCUT2D eigenvalue weighted by Crippen LogP contribution is 2.41. The summed E-state index contributed by atoms with van der Waals surface area (Å²) < 4.78 is 0. The third kappa shape index (κ3) is 4.65. The normalized spacial score (nSPS) is 17.5. The van der Waals surface area contributed by atoms with Crippen molar-refractivity contribution in [2.24, 2.45) is 0 Å². The third-order valence-electron chi connectivity index (χ3n) is 6.19. The molecule has 0 unspecified atom stereocenters. The fourth-order valence-electron chi connectivity index (χ4n) is 4.39. The second-order valence-electron chi connectivity index (χ2n) is 8.38. The van der Waals surface area contributed by atoms with Crippen molar-refractivity contribution in [3.63, 3.8) is 0 Å². The monoisotopic (exact) mass is 518 g/mol. The van der Waals surface area contributed by atoms with Crippen molar-refractivity contribution in [1.82, 2.24) is 9.80 Å². The van der Waals surface area contributed by atoms with Crippen LogP contribution in [0.25, 0.3) is 0 Å². The number of benzene rings is 2. The summed E-state index contributed by atoms with van der Waals surface area (Å²) in [6, 6.07) is 14.1. The number of hydrogen-bond acceptors (Lipinski definition) is 3. The lowest BCUT2D eigenvalue weighted by Crippen LogP contribution is -2.47. The summed E-state index contributed by atoms with van der Waals surface area (Å²) in [6.07, 6.45) is 2.61. The van der Waals surface area contributed by atoms with Crippen molar-refractivity contribution in [2.75, 3.05) is 13.1 Å². The molecule has 0 radical (unpaired) electrons. The summed E-state index contributed by atoms with van der Waals surface area (Å²) in [7, 11) is 0. The lowest BCUT2D eigenvalue weighted by molar-refractivity contribution is -0.134. The molecule has 170 valence electrons. The van der Waals surface area contributed by atoms with Crippen molar-refractivity contribution in [3.05, 3.63) is 90.5 Å². The molecule has 0 spiro atoms. The molecule has 2 aromatic carbocycles. The second kappa shape index (κ2) is 9.30. The van der Waals surface area contributed by atoms with E-state index in [-0.39, 0.29) is 30.4 Å². The summed E-state index contributed by atoms with van der Waals surface area (Å²) in [6.45, 7) is 0.608. The van der Waals surface area contributed by atoms with Crippen molar-refractivity contribution in [1.29, 1.82) is 0 Å². The summed E-state index contributed by atoms with van der Waals surface area (Å²) in [4.78, 5) is 31.7. The van der Waals surface area contributed by atoms with Gasteiger partial charge in [0.15, 0.2) is 0 Å². The predicted molar refractivity (Wildman–Crippen MR) is 134 cm³/mol. The Morgan fingerprint density at radius 1 is 0.970 bits per heavy atom. The molecular weight excluding hydrogens is 499 g/mol. The molecule has 1 aliphatic heterocycles. The number of carbonyl (C=O) groups excluding carboxylic acids is 2. The largest absolute Gasteiger partial charge is 0.330 e. The molecule has 8 heteroatoms.